The SMILES string of the molecule is CCOC(=O)c1ccc(NC(=S)NNC(=O)COc2cc(C)ccc2C(C)C)cc1. The molecule has 3 N–H and O–H groups in total. The molecular formula is C22H27N3O4S. The number of thiocarbonyl (C=S) groups is 1. The highest BCUT2D eigenvalue weighted by atomic mass is 32.1. The molecule has 0 aliphatic rings. The highest BCUT2D eigenvalue weighted by molar-refractivity contribution is 7.80. The van der Waals surface area contributed by atoms with Crippen LogP contribution < -0.4 is 20.9 Å². The van der Waals surface area contributed by atoms with E-state index in [9.17, 15) is 9.59 Å². The molecule has 0 bridgehead atoms. The molecule has 160 valence electrons. The van der Waals surface area contributed by atoms with Crippen molar-refractivity contribution in [3.05, 3.63) is 59.2 Å². The Morgan fingerprint density at radius 3 is 2.40 bits per heavy atom. The average molecular weight is 430 g/mol. The first-order valence-corrected chi connectivity index (χ1v) is 10.1. The third kappa shape index (κ3) is 7.04. The number of nitrogens with one attached hydrogen (secondary N) is 3. The number of hydrogen-bond acceptors (Lipinski definition) is 5. The third-order valence-corrected chi connectivity index (χ3v) is 4.32. The molecule has 0 saturated heterocycles. The van der Waals surface area contributed by atoms with Crippen LogP contribution in [0, 0.1) is 6.92 Å². The number of carbonyl (C=O) groups is 2. The molecule has 1 amide bonds. The smallest absolute Gasteiger partial charge is 0.338 e. The summed E-state index contributed by atoms with van der Waals surface area (Å²) >= 11 is 5.16. The van der Waals surface area contributed by atoms with Crippen molar-refractivity contribution in [1.82, 2.24) is 10.9 Å². The molecule has 0 saturated carbocycles. The van der Waals surface area contributed by atoms with Gasteiger partial charge in [0.2, 0.25) is 0 Å². The summed E-state index contributed by atoms with van der Waals surface area (Å²) in [7, 11) is 0. The Morgan fingerprint density at radius 1 is 1.07 bits per heavy atom. The average Bonchev–Trinajstić information content (AvgIpc) is 2.71. The van der Waals surface area contributed by atoms with Crippen LogP contribution in [0.1, 0.15) is 48.2 Å². The number of rotatable bonds is 7. The summed E-state index contributed by atoms with van der Waals surface area (Å²) < 4.78 is 10.6. The van der Waals surface area contributed by atoms with Gasteiger partial charge in [0, 0.05) is 5.69 Å². The maximum atomic E-state index is 12.1. The third-order valence-electron chi connectivity index (χ3n) is 4.12. The second kappa shape index (κ2) is 11.2. The Labute approximate surface area is 182 Å². The standard InChI is InChI=1S/C22H27N3O4S/c1-5-28-21(27)16-7-9-17(10-8-16)23-22(30)25-24-20(26)13-29-19-12-15(4)6-11-18(19)14(2)3/h6-12,14H,5,13H2,1-4H3,(H,24,26)(H2,23,25,30). The fourth-order valence-corrected chi connectivity index (χ4v) is 2.78. The molecule has 0 fully saturated rings. The molecule has 0 unspecified atom stereocenters. The van der Waals surface area contributed by atoms with Crippen molar-refractivity contribution < 1.29 is 19.1 Å². The van der Waals surface area contributed by atoms with Gasteiger partial charge in [-0.3, -0.25) is 15.6 Å². The van der Waals surface area contributed by atoms with E-state index < -0.39 is 0 Å². The van der Waals surface area contributed by atoms with Gasteiger partial charge in [-0.2, -0.15) is 0 Å². The number of anilines is 1. The van der Waals surface area contributed by atoms with Crippen LogP contribution in [0.2, 0.25) is 0 Å². The molecule has 0 radical (unpaired) electrons. The summed E-state index contributed by atoms with van der Waals surface area (Å²) in [4.78, 5) is 23.7. The highest BCUT2D eigenvalue weighted by Crippen LogP contribution is 2.27. The van der Waals surface area contributed by atoms with E-state index >= 15 is 0 Å². The summed E-state index contributed by atoms with van der Waals surface area (Å²) in [6, 6.07) is 12.6. The minimum Gasteiger partial charge on any atom is -0.483 e. The lowest BCUT2D eigenvalue weighted by molar-refractivity contribution is -0.123. The molecule has 30 heavy (non-hydrogen) atoms. The Bertz CT molecular complexity index is 898. The van der Waals surface area contributed by atoms with Gasteiger partial charge in [-0.05, 0) is 73.4 Å². The lowest BCUT2D eigenvalue weighted by Crippen LogP contribution is -2.45. The first kappa shape index (κ1) is 23.2. The Kier molecular flexibility index (Phi) is 8.61. The molecular weight excluding hydrogens is 402 g/mol. The Hall–Kier alpha value is -3.13. The quantitative estimate of drug-likeness (QED) is 0.351. The molecule has 0 aliphatic heterocycles. The number of benzene rings is 2. The summed E-state index contributed by atoms with van der Waals surface area (Å²) in [6.07, 6.45) is 0. The maximum Gasteiger partial charge on any atom is 0.338 e. The molecule has 0 aliphatic carbocycles. The van der Waals surface area contributed by atoms with Gasteiger partial charge < -0.3 is 14.8 Å². The molecule has 0 spiro atoms. The second-order valence-electron chi connectivity index (χ2n) is 6.91. The van der Waals surface area contributed by atoms with Crippen LogP contribution in [0.5, 0.6) is 5.75 Å². The Balaban J connectivity index is 1.80. The number of aryl methyl sites for hydroxylation is 1. The second-order valence-corrected chi connectivity index (χ2v) is 7.32. The number of carbonyl (C=O) groups excluding carboxylic acids is 2. The summed E-state index contributed by atoms with van der Waals surface area (Å²) in [6.45, 7) is 8.04. The van der Waals surface area contributed by atoms with E-state index in [-0.39, 0.29) is 29.5 Å². The van der Waals surface area contributed by atoms with Gasteiger partial charge in [0.15, 0.2) is 11.7 Å². The van der Waals surface area contributed by atoms with Crippen molar-refractivity contribution in [2.24, 2.45) is 0 Å². The first-order valence-electron chi connectivity index (χ1n) is 9.66. The van der Waals surface area contributed by atoms with Crippen LogP contribution >= 0.6 is 12.2 Å². The van der Waals surface area contributed by atoms with E-state index in [1.807, 2.05) is 25.1 Å². The zero-order chi connectivity index (χ0) is 22.1. The van der Waals surface area contributed by atoms with Gasteiger partial charge in [0.25, 0.3) is 5.91 Å². The monoisotopic (exact) mass is 429 g/mol. The molecule has 0 heterocycles. The number of amides is 1. The summed E-state index contributed by atoms with van der Waals surface area (Å²) in [5.74, 6) is 0.232. The zero-order valence-corrected chi connectivity index (χ0v) is 18.4. The molecule has 8 heteroatoms. The summed E-state index contributed by atoms with van der Waals surface area (Å²) in [5, 5.41) is 3.11. The van der Waals surface area contributed by atoms with Gasteiger partial charge in [0.1, 0.15) is 5.75 Å². The highest BCUT2D eigenvalue weighted by Gasteiger charge is 2.11. The number of hydrogen-bond donors (Lipinski definition) is 3. The zero-order valence-electron chi connectivity index (χ0n) is 17.6. The fraction of sp³-hybridized carbons (Fsp3) is 0.318. The lowest BCUT2D eigenvalue weighted by atomic mass is 10.0. The van der Waals surface area contributed by atoms with E-state index in [4.69, 9.17) is 21.7 Å². The van der Waals surface area contributed by atoms with E-state index in [1.165, 1.54) is 0 Å². The number of hydrazine groups is 1. The van der Waals surface area contributed by atoms with Crippen molar-refractivity contribution in [1.29, 1.82) is 0 Å². The van der Waals surface area contributed by atoms with Gasteiger partial charge in [-0.15, -0.1) is 0 Å². The molecule has 7 nitrogen and oxygen atoms in total. The maximum absolute atomic E-state index is 12.1. The van der Waals surface area contributed by atoms with Crippen molar-refractivity contribution in [3.63, 3.8) is 0 Å². The predicted molar refractivity (Wildman–Crippen MR) is 121 cm³/mol. The van der Waals surface area contributed by atoms with Crippen molar-refractivity contribution in [2.75, 3.05) is 18.5 Å². The van der Waals surface area contributed by atoms with Gasteiger partial charge in [0.05, 0.1) is 12.2 Å². The van der Waals surface area contributed by atoms with Gasteiger partial charge >= 0.3 is 5.97 Å². The molecule has 2 rings (SSSR count). The van der Waals surface area contributed by atoms with Crippen LogP contribution in [0.15, 0.2) is 42.5 Å². The van der Waals surface area contributed by atoms with Crippen molar-refractivity contribution >= 4 is 34.9 Å². The largest absolute Gasteiger partial charge is 0.483 e. The van der Waals surface area contributed by atoms with Crippen LogP contribution in [0.3, 0.4) is 0 Å². The van der Waals surface area contributed by atoms with Gasteiger partial charge in [-0.1, -0.05) is 26.0 Å². The van der Waals surface area contributed by atoms with E-state index in [0.29, 0.717) is 23.6 Å². The van der Waals surface area contributed by atoms with Crippen molar-refractivity contribution in [3.8, 4) is 5.75 Å². The van der Waals surface area contributed by atoms with Crippen LogP contribution in [0.4, 0.5) is 5.69 Å². The molecule has 0 aromatic heterocycles. The van der Waals surface area contributed by atoms with Crippen LogP contribution in [-0.2, 0) is 9.53 Å². The Morgan fingerprint density at radius 2 is 1.77 bits per heavy atom. The van der Waals surface area contributed by atoms with Crippen molar-refractivity contribution in [2.45, 2.75) is 33.6 Å². The minimum absolute atomic E-state index is 0.146. The number of esters is 1. The van der Waals surface area contributed by atoms with Gasteiger partial charge in [-0.25, -0.2) is 4.79 Å². The topological polar surface area (TPSA) is 88.7 Å². The lowest BCUT2D eigenvalue weighted by Gasteiger charge is -2.15. The molecule has 0 atom stereocenters. The minimum atomic E-state index is -0.383. The molecule has 2 aromatic rings. The normalized spacial score (nSPS) is 10.3. The van der Waals surface area contributed by atoms with E-state index in [0.717, 1.165) is 11.1 Å². The van der Waals surface area contributed by atoms with E-state index in [2.05, 4.69) is 30.0 Å². The van der Waals surface area contributed by atoms with E-state index in [1.54, 1.807) is 31.2 Å². The number of ether oxygens (including phenoxy) is 2. The predicted octanol–water partition coefficient (Wildman–Crippen LogP) is 3.69. The fourth-order valence-electron chi connectivity index (χ4n) is 2.62. The molecule has 2 aromatic carbocycles. The van der Waals surface area contributed by atoms with Crippen LogP contribution in [-0.4, -0.2) is 30.2 Å². The van der Waals surface area contributed by atoms with Crippen LogP contribution in [0.25, 0.3) is 0 Å². The summed E-state index contributed by atoms with van der Waals surface area (Å²) in [5.41, 5.74) is 8.33. The first-order chi connectivity index (χ1) is 14.3.